The molecule has 148 valence electrons. The van der Waals surface area contributed by atoms with Crippen molar-refractivity contribution in [2.45, 2.75) is 25.3 Å². The van der Waals surface area contributed by atoms with Crippen molar-refractivity contribution in [1.29, 1.82) is 0 Å². The maximum absolute atomic E-state index is 12.8. The van der Waals surface area contributed by atoms with Gasteiger partial charge in [0, 0.05) is 18.7 Å². The predicted octanol–water partition coefficient (Wildman–Crippen LogP) is 3.50. The van der Waals surface area contributed by atoms with Crippen molar-refractivity contribution in [1.82, 2.24) is 15.0 Å². The van der Waals surface area contributed by atoms with Gasteiger partial charge in [0.05, 0.1) is 18.1 Å². The summed E-state index contributed by atoms with van der Waals surface area (Å²) in [4.78, 5) is 31.2. The van der Waals surface area contributed by atoms with Crippen LogP contribution >= 0.6 is 0 Å². The zero-order chi connectivity index (χ0) is 20.1. The molecule has 1 unspecified atom stereocenters. The van der Waals surface area contributed by atoms with Gasteiger partial charge in [-0.25, -0.2) is 4.98 Å². The Balaban J connectivity index is 1.41. The highest BCUT2D eigenvalue weighted by Gasteiger charge is 2.34. The first-order valence-electron chi connectivity index (χ1n) is 9.42. The summed E-state index contributed by atoms with van der Waals surface area (Å²) in [5.74, 6) is 0.659. The highest BCUT2D eigenvalue weighted by molar-refractivity contribution is 6.00. The third-order valence-corrected chi connectivity index (χ3v) is 4.68. The number of nitrogens with zero attached hydrogens (tertiary/aromatic N) is 3. The van der Waals surface area contributed by atoms with Crippen LogP contribution in [-0.2, 0) is 4.79 Å². The average molecular weight is 392 g/mol. The standard InChI is InChI=1S/C21H20N4O4/c26-20(17-8-4-5-13-25(17)21(27)18-11-12-23-29-18)24-15-9-10-19(22-14-15)28-16-6-2-1-3-7-16/h1-3,6-7,9-12,14,17H,4-5,8,13H2,(H,24,26). The Bertz CT molecular complexity index is 958. The number of likely N-dealkylation sites (tertiary alicyclic amines) is 1. The molecule has 0 radical (unpaired) electrons. The Morgan fingerprint density at radius 2 is 1.97 bits per heavy atom. The molecule has 1 aromatic carbocycles. The Morgan fingerprint density at radius 1 is 1.10 bits per heavy atom. The molecule has 3 heterocycles. The maximum Gasteiger partial charge on any atom is 0.293 e. The van der Waals surface area contributed by atoms with Crippen LogP contribution in [-0.4, -0.2) is 39.4 Å². The SMILES string of the molecule is O=C(Nc1ccc(Oc2ccccc2)nc1)C1CCCCN1C(=O)c1ccno1. The van der Waals surface area contributed by atoms with E-state index in [1.165, 1.54) is 18.5 Å². The topological polar surface area (TPSA) is 97.6 Å². The molecule has 0 aliphatic carbocycles. The number of piperidine rings is 1. The van der Waals surface area contributed by atoms with E-state index in [2.05, 4.69) is 15.5 Å². The molecule has 8 nitrogen and oxygen atoms in total. The summed E-state index contributed by atoms with van der Waals surface area (Å²) in [5, 5.41) is 6.41. The van der Waals surface area contributed by atoms with Crippen molar-refractivity contribution in [2.75, 3.05) is 11.9 Å². The summed E-state index contributed by atoms with van der Waals surface area (Å²) in [5.41, 5.74) is 0.535. The Morgan fingerprint density at radius 3 is 2.69 bits per heavy atom. The second-order valence-electron chi connectivity index (χ2n) is 6.68. The molecule has 1 atom stereocenters. The minimum atomic E-state index is -0.568. The van der Waals surface area contributed by atoms with E-state index in [0.29, 0.717) is 30.3 Å². The average Bonchev–Trinajstić information content (AvgIpc) is 3.30. The number of hydrogen-bond acceptors (Lipinski definition) is 6. The molecule has 0 bridgehead atoms. The van der Waals surface area contributed by atoms with Crippen LogP contribution in [0.3, 0.4) is 0 Å². The molecule has 1 aliphatic heterocycles. The van der Waals surface area contributed by atoms with E-state index in [0.717, 1.165) is 12.8 Å². The monoisotopic (exact) mass is 392 g/mol. The normalized spacial score (nSPS) is 16.3. The fourth-order valence-electron chi connectivity index (χ4n) is 3.26. The first-order chi connectivity index (χ1) is 14.2. The first-order valence-corrected chi connectivity index (χ1v) is 9.42. The minimum Gasteiger partial charge on any atom is -0.439 e. The van der Waals surface area contributed by atoms with E-state index < -0.39 is 6.04 Å². The van der Waals surface area contributed by atoms with E-state index in [1.807, 2.05) is 30.3 Å². The number of nitrogens with one attached hydrogen (secondary N) is 1. The molecule has 1 saturated heterocycles. The molecule has 1 aliphatic rings. The molecule has 0 saturated carbocycles. The van der Waals surface area contributed by atoms with Crippen molar-refractivity contribution in [3.63, 3.8) is 0 Å². The van der Waals surface area contributed by atoms with E-state index in [-0.39, 0.29) is 17.6 Å². The van der Waals surface area contributed by atoms with Gasteiger partial charge >= 0.3 is 0 Å². The van der Waals surface area contributed by atoms with Gasteiger partial charge in [-0.15, -0.1) is 0 Å². The highest BCUT2D eigenvalue weighted by atomic mass is 16.5. The third kappa shape index (κ3) is 4.43. The summed E-state index contributed by atoms with van der Waals surface area (Å²) in [6.45, 7) is 0.500. The van der Waals surface area contributed by atoms with Gasteiger partial charge in [0.25, 0.3) is 5.91 Å². The van der Waals surface area contributed by atoms with Gasteiger partial charge in [0.15, 0.2) is 0 Å². The van der Waals surface area contributed by atoms with Gasteiger partial charge in [-0.05, 0) is 37.5 Å². The minimum absolute atomic E-state index is 0.133. The second-order valence-corrected chi connectivity index (χ2v) is 6.68. The zero-order valence-corrected chi connectivity index (χ0v) is 15.7. The molecule has 8 heteroatoms. The number of amides is 2. The molecular weight excluding hydrogens is 372 g/mol. The lowest BCUT2D eigenvalue weighted by molar-refractivity contribution is -0.121. The molecule has 1 fully saturated rings. The summed E-state index contributed by atoms with van der Waals surface area (Å²) >= 11 is 0. The number of aromatic nitrogens is 2. The Hall–Kier alpha value is -3.68. The van der Waals surface area contributed by atoms with E-state index in [1.54, 1.807) is 17.0 Å². The van der Waals surface area contributed by atoms with Crippen LogP contribution in [0.5, 0.6) is 11.6 Å². The molecule has 1 N–H and O–H groups in total. The summed E-state index contributed by atoms with van der Waals surface area (Å²) < 4.78 is 10.6. The summed E-state index contributed by atoms with van der Waals surface area (Å²) in [7, 11) is 0. The van der Waals surface area contributed by atoms with Crippen LogP contribution in [0.4, 0.5) is 5.69 Å². The smallest absolute Gasteiger partial charge is 0.293 e. The number of benzene rings is 1. The van der Waals surface area contributed by atoms with Crippen LogP contribution in [0.15, 0.2) is 65.4 Å². The first kappa shape index (κ1) is 18.7. The fourth-order valence-corrected chi connectivity index (χ4v) is 3.26. The molecule has 0 spiro atoms. The van der Waals surface area contributed by atoms with E-state index in [9.17, 15) is 9.59 Å². The van der Waals surface area contributed by atoms with Crippen molar-refractivity contribution >= 4 is 17.5 Å². The van der Waals surface area contributed by atoms with Crippen molar-refractivity contribution in [2.24, 2.45) is 0 Å². The van der Waals surface area contributed by atoms with Gasteiger partial charge < -0.3 is 19.5 Å². The highest BCUT2D eigenvalue weighted by Crippen LogP contribution is 2.23. The van der Waals surface area contributed by atoms with Gasteiger partial charge in [-0.1, -0.05) is 23.4 Å². The van der Waals surface area contributed by atoms with Gasteiger partial charge in [-0.3, -0.25) is 9.59 Å². The van der Waals surface area contributed by atoms with E-state index >= 15 is 0 Å². The second kappa shape index (κ2) is 8.55. The van der Waals surface area contributed by atoms with Crippen LogP contribution in [0.1, 0.15) is 29.8 Å². The number of pyridine rings is 1. The summed E-state index contributed by atoms with van der Waals surface area (Å²) in [6.07, 6.45) is 5.25. The van der Waals surface area contributed by atoms with Crippen molar-refractivity contribution in [3.8, 4) is 11.6 Å². The van der Waals surface area contributed by atoms with Crippen molar-refractivity contribution in [3.05, 3.63) is 66.7 Å². The zero-order valence-electron chi connectivity index (χ0n) is 15.7. The number of carbonyl (C=O) groups excluding carboxylic acids is 2. The number of ether oxygens (including phenoxy) is 1. The lowest BCUT2D eigenvalue weighted by atomic mass is 10.0. The largest absolute Gasteiger partial charge is 0.439 e. The van der Waals surface area contributed by atoms with Gasteiger partial charge in [-0.2, -0.15) is 0 Å². The Labute approximate surface area is 167 Å². The van der Waals surface area contributed by atoms with Gasteiger partial charge in [0.2, 0.25) is 17.5 Å². The number of carbonyl (C=O) groups is 2. The van der Waals surface area contributed by atoms with E-state index in [4.69, 9.17) is 9.26 Å². The molecular formula is C21H20N4O4. The third-order valence-electron chi connectivity index (χ3n) is 4.68. The molecule has 4 rings (SSSR count). The number of para-hydroxylation sites is 1. The number of hydrogen-bond donors (Lipinski definition) is 1. The quantitative estimate of drug-likeness (QED) is 0.714. The molecule has 2 aromatic heterocycles. The number of anilines is 1. The molecule has 29 heavy (non-hydrogen) atoms. The number of rotatable bonds is 5. The van der Waals surface area contributed by atoms with Crippen molar-refractivity contribution < 1.29 is 18.8 Å². The maximum atomic E-state index is 12.8. The van der Waals surface area contributed by atoms with Gasteiger partial charge in [0.1, 0.15) is 11.8 Å². The van der Waals surface area contributed by atoms with Crippen LogP contribution in [0, 0.1) is 0 Å². The lowest BCUT2D eigenvalue weighted by Crippen LogP contribution is -2.49. The van der Waals surface area contributed by atoms with Crippen LogP contribution in [0.2, 0.25) is 0 Å². The predicted molar refractivity (Wildman–Crippen MR) is 105 cm³/mol. The van der Waals surface area contributed by atoms with Crippen LogP contribution < -0.4 is 10.1 Å². The lowest BCUT2D eigenvalue weighted by Gasteiger charge is -2.33. The Kier molecular flexibility index (Phi) is 5.51. The fraction of sp³-hybridized carbons (Fsp3) is 0.238. The summed E-state index contributed by atoms with van der Waals surface area (Å²) in [6, 6.07) is 13.7. The molecule has 2 amide bonds. The van der Waals surface area contributed by atoms with Crippen LogP contribution in [0.25, 0.3) is 0 Å². The molecule has 3 aromatic rings.